The first kappa shape index (κ1) is 14.5. The summed E-state index contributed by atoms with van der Waals surface area (Å²) < 4.78 is 4.83. The Balaban J connectivity index is 2.08. The summed E-state index contributed by atoms with van der Waals surface area (Å²) in [7, 11) is 1.38. The molecule has 21 heavy (non-hydrogen) atoms. The second kappa shape index (κ2) is 6.49. The molecule has 0 atom stereocenters. The van der Waals surface area contributed by atoms with Crippen LogP contribution in [-0.2, 0) is 6.54 Å². The first-order chi connectivity index (χ1) is 10.1. The van der Waals surface area contributed by atoms with Gasteiger partial charge in [0.15, 0.2) is 10.9 Å². The van der Waals surface area contributed by atoms with Gasteiger partial charge in [-0.1, -0.05) is 0 Å². The minimum Gasteiger partial charge on any atom is -0.491 e. The number of nitrogens with zero attached hydrogens (tertiary/aromatic N) is 4. The van der Waals surface area contributed by atoms with Gasteiger partial charge in [0, 0.05) is 29.5 Å². The molecule has 2 heterocycles. The lowest BCUT2D eigenvalue weighted by atomic mass is 10.3. The van der Waals surface area contributed by atoms with Crippen molar-refractivity contribution in [2.24, 2.45) is 0 Å². The molecule has 0 aliphatic carbocycles. The summed E-state index contributed by atoms with van der Waals surface area (Å²) >= 11 is 1.23. The van der Waals surface area contributed by atoms with Crippen LogP contribution < -0.4 is 15.5 Å². The van der Waals surface area contributed by atoms with Gasteiger partial charge < -0.3 is 9.72 Å². The first-order valence-corrected chi connectivity index (χ1v) is 6.60. The Morgan fingerprint density at radius 2 is 2.48 bits per heavy atom. The number of nitrogens with one attached hydrogen (secondary N) is 2. The third-order valence-electron chi connectivity index (χ3n) is 2.47. The molecule has 2 rings (SSSR count). The maximum atomic E-state index is 11.9. The monoisotopic (exact) mass is 307 g/mol. The summed E-state index contributed by atoms with van der Waals surface area (Å²) in [4.78, 5) is 30.1. The maximum absolute atomic E-state index is 11.9. The Labute approximate surface area is 122 Å². The van der Waals surface area contributed by atoms with E-state index in [1.807, 2.05) is 0 Å². The number of anilines is 1. The normalized spacial score (nSPS) is 9.71. The Bertz CT molecular complexity index is 720. The fourth-order valence-corrected chi connectivity index (χ4v) is 2.02. The summed E-state index contributed by atoms with van der Waals surface area (Å²) in [5, 5.41) is 17.1. The fraction of sp³-hybridized carbons (Fsp3) is 0.182. The van der Waals surface area contributed by atoms with Crippen LogP contribution in [0.5, 0.6) is 5.75 Å². The number of thiazole rings is 1. The molecule has 0 radical (unpaired) electrons. The molecule has 0 saturated carbocycles. The SMILES string of the molecule is COc1c[nH]c(CN([N+]#N)C(=O)Nc2nccs2)cc1=O. The summed E-state index contributed by atoms with van der Waals surface area (Å²) in [6.07, 6.45) is 2.90. The number of methoxy groups -OCH3 is 1. The van der Waals surface area contributed by atoms with Crippen molar-refractivity contribution in [2.75, 3.05) is 12.4 Å². The van der Waals surface area contributed by atoms with Crippen molar-refractivity contribution in [3.63, 3.8) is 0 Å². The minimum absolute atomic E-state index is 0.118. The molecule has 9 nitrogen and oxygen atoms in total. The Hall–Kier alpha value is -2.93. The minimum atomic E-state index is -0.677. The Morgan fingerprint density at radius 1 is 1.67 bits per heavy atom. The number of carbonyl (C=O) groups excluding carboxylic acids is 1. The fourth-order valence-electron chi connectivity index (χ4n) is 1.50. The van der Waals surface area contributed by atoms with Gasteiger partial charge in [0.25, 0.3) is 5.39 Å². The van der Waals surface area contributed by atoms with Gasteiger partial charge in [-0.25, -0.2) is 9.78 Å². The van der Waals surface area contributed by atoms with E-state index < -0.39 is 6.03 Å². The van der Waals surface area contributed by atoms with Gasteiger partial charge in [0.2, 0.25) is 5.43 Å². The standard InChI is InChI=1S/C11H10N6O3S/c1-20-9-5-14-7(4-8(9)18)6-17(16-12)11(19)15-10-13-2-3-21-10/h2-5H,6H2,1H3,(H-,13,14,15,18,19)/p+1. The first-order valence-electron chi connectivity index (χ1n) is 5.72. The number of urea groups is 1. The molecule has 0 saturated heterocycles. The number of aromatic amines is 1. The van der Waals surface area contributed by atoms with E-state index in [4.69, 9.17) is 10.1 Å². The van der Waals surface area contributed by atoms with Gasteiger partial charge in [-0.15, -0.1) is 11.3 Å². The number of H-pyrrole nitrogens is 1. The molecule has 0 bridgehead atoms. The van der Waals surface area contributed by atoms with Crippen molar-refractivity contribution in [2.45, 2.75) is 6.54 Å². The maximum Gasteiger partial charge on any atom is 0.397 e. The van der Waals surface area contributed by atoms with Crippen LogP contribution in [0.25, 0.3) is 5.08 Å². The molecule has 0 aromatic carbocycles. The number of ether oxygens (including phenoxy) is 1. The molecule has 108 valence electrons. The summed E-state index contributed by atoms with van der Waals surface area (Å²) in [6, 6.07) is 0.581. The third kappa shape index (κ3) is 3.54. The molecule has 0 spiro atoms. The van der Waals surface area contributed by atoms with Gasteiger partial charge >= 0.3 is 11.1 Å². The number of amides is 2. The molecular formula is C11H11N6O3S+. The van der Waals surface area contributed by atoms with Crippen LogP contribution in [0.15, 0.2) is 28.6 Å². The van der Waals surface area contributed by atoms with Crippen molar-refractivity contribution in [3.8, 4) is 5.75 Å². The van der Waals surface area contributed by atoms with Crippen molar-refractivity contribution in [3.05, 3.63) is 44.8 Å². The second-order valence-corrected chi connectivity index (χ2v) is 4.70. The van der Waals surface area contributed by atoms with Crippen LogP contribution in [-0.4, -0.2) is 28.1 Å². The van der Waals surface area contributed by atoms with Gasteiger partial charge in [-0.3, -0.25) is 10.1 Å². The highest BCUT2D eigenvalue weighted by Crippen LogP contribution is 2.12. The van der Waals surface area contributed by atoms with E-state index in [1.54, 1.807) is 5.38 Å². The molecule has 2 N–H and O–H groups in total. The topological polar surface area (TPSA) is 115 Å². The molecule has 2 aromatic rings. The zero-order chi connectivity index (χ0) is 15.2. The van der Waals surface area contributed by atoms with E-state index >= 15 is 0 Å². The molecular weight excluding hydrogens is 296 g/mol. The van der Waals surface area contributed by atoms with E-state index in [0.717, 1.165) is 5.01 Å². The van der Waals surface area contributed by atoms with Crippen LogP contribution >= 0.6 is 11.3 Å². The van der Waals surface area contributed by atoms with Crippen molar-refractivity contribution in [1.82, 2.24) is 15.0 Å². The number of rotatable bonds is 4. The van der Waals surface area contributed by atoms with Crippen LogP contribution in [0.4, 0.5) is 9.93 Å². The van der Waals surface area contributed by atoms with E-state index in [-0.39, 0.29) is 17.7 Å². The molecule has 0 unspecified atom stereocenters. The van der Waals surface area contributed by atoms with E-state index in [1.165, 1.54) is 36.9 Å². The number of diazo groups is 1. The number of carbonyl (C=O) groups is 1. The zero-order valence-electron chi connectivity index (χ0n) is 10.9. The predicted molar refractivity (Wildman–Crippen MR) is 75.4 cm³/mol. The molecule has 2 amide bonds. The highest BCUT2D eigenvalue weighted by atomic mass is 32.1. The summed E-state index contributed by atoms with van der Waals surface area (Å²) in [5.74, 6) is 0.151. The lowest BCUT2D eigenvalue weighted by Crippen LogP contribution is -2.29. The predicted octanol–water partition coefficient (Wildman–Crippen LogP) is 1.64. The number of pyridine rings is 1. The van der Waals surface area contributed by atoms with Crippen molar-refractivity contribution in [1.29, 1.82) is 5.39 Å². The number of aromatic nitrogens is 2. The van der Waals surface area contributed by atoms with Gasteiger partial charge in [-0.2, -0.15) is 0 Å². The molecule has 10 heteroatoms. The Kier molecular flexibility index (Phi) is 4.47. The highest BCUT2D eigenvalue weighted by Gasteiger charge is 2.26. The average Bonchev–Trinajstić information content (AvgIpc) is 2.97. The zero-order valence-corrected chi connectivity index (χ0v) is 11.8. The quantitative estimate of drug-likeness (QED) is 0.658. The van der Waals surface area contributed by atoms with Crippen LogP contribution in [0, 0.1) is 5.39 Å². The molecule has 0 aliphatic heterocycles. The van der Waals surface area contributed by atoms with Gasteiger partial charge in [0.05, 0.1) is 12.1 Å². The summed E-state index contributed by atoms with van der Waals surface area (Å²) in [5.41, 5.74) is 0.0392. The third-order valence-corrected chi connectivity index (χ3v) is 3.15. The van der Waals surface area contributed by atoms with Gasteiger partial charge in [0.1, 0.15) is 6.54 Å². The van der Waals surface area contributed by atoms with E-state index in [2.05, 4.69) is 20.4 Å². The van der Waals surface area contributed by atoms with Gasteiger partial charge in [-0.05, 0) is 0 Å². The lowest BCUT2D eigenvalue weighted by Gasteiger charge is -2.05. The molecule has 0 aliphatic rings. The van der Waals surface area contributed by atoms with Crippen molar-refractivity contribution >= 4 is 22.5 Å². The van der Waals surface area contributed by atoms with Crippen molar-refractivity contribution < 1.29 is 9.53 Å². The van der Waals surface area contributed by atoms with Crippen LogP contribution in [0.3, 0.4) is 0 Å². The molecule has 2 aromatic heterocycles. The largest absolute Gasteiger partial charge is 0.491 e. The lowest BCUT2D eigenvalue weighted by molar-refractivity contribution is 0.225. The van der Waals surface area contributed by atoms with E-state index in [9.17, 15) is 9.59 Å². The Morgan fingerprint density at radius 3 is 3.05 bits per heavy atom. The second-order valence-electron chi connectivity index (χ2n) is 3.81. The average molecular weight is 307 g/mol. The van der Waals surface area contributed by atoms with E-state index in [0.29, 0.717) is 10.8 Å². The smallest absolute Gasteiger partial charge is 0.397 e. The highest BCUT2D eigenvalue weighted by molar-refractivity contribution is 7.13. The van der Waals surface area contributed by atoms with Crippen LogP contribution in [0.2, 0.25) is 0 Å². The summed E-state index contributed by atoms with van der Waals surface area (Å²) in [6.45, 7) is -0.118. The number of hydrogen-bond donors (Lipinski definition) is 2. The van der Waals surface area contributed by atoms with Crippen LogP contribution in [0.1, 0.15) is 5.69 Å². The number of hydrogen-bond acceptors (Lipinski definition) is 6. The molecule has 0 fully saturated rings.